The van der Waals surface area contributed by atoms with Gasteiger partial charge in [-0.05, 0) is 60.4 Å². The Hall–Kier alpha value is -5.17. The van der Waals surface area contributed by atoms with Gasteiger partial charge in [-0.2, -0.15) is 0 Å². The van der Waals surface area contributed by atoms with E-state index in [4.69, 9.17) is 26.1 Å². The van der Waals surface area contributed by atoms with Gasteiger partial charge in [0.2, 0.25) is 5.13 Å². The zero-order valence-corrected chi connectivity index (χ0v) is 29.6. The van der Waals surface area contributed by atoms with Gasteiger partial charge in [0.05, 0.1) is 24.4 Å². The van der Waals surface area contributed by atoms with Crippen molar-refractivity contribution in [3.63, 3.8) is 0 Å². The number of aliphatic hydroxyl groups excluding tert-OH is 1. The van der Waals surface area contributed by atoms with Gasteiger partial charge in [-0.15, -0.1) is 10.2 Å². The Morgan fingerprint density at radius 2 is 1.76 bits per heavy atom. The lowest BCUT2D eigenvalue weighted by Gasteiger charge is -2.23. The average molecular weight is 724 g/mol. The maximum absolute atomic E-state index is 14.0. The predicted octanol–water partition coefficient (Wildman–Crippen LogP) is 7.96. The summed E-state index contributed by atoms with van der Waals surface area (Å²) in [5.74, 6) is -0.724. The Bertz CT molecular complexity index is 2290. The van der Waals surface area contributed by atoms with Gasteiger partial charge in [-0.1, -0.05) is 95.4 Å². The number of carbonyl (C=O) groups excluding carboxylic acids is 2. The van der Waals surface area contributed by atoms with Crippen molar-refractivity contribution in [2.75, 3.05) is 12.0 Å². The number of ether oxygens (including phenoxy) is 2. The molecule has 3 aromatic heterocycles. The summed E-state index contributed by atoms with van der Waals surface area (Å²) < 4.78 is 14.2. The number of halogens is 1. The molecule has 0 radical (unpaired) electrons. The molecule has 10 nitrogen and oxygen atoms in total. The van der Waals surface area contributed by atoms with Crippen LogP contribution in [0.5, 0.6) is 11.5 Å². The molecule has 50 heavy (non-hydrogen) atoms. The summed E-state index contributed by atoms with van der Waals surface area (Å²) in [5.41, 5.74) is 4.60. The molecule has 1 fully saturated rings. The number of benzene rings is 3. The third kappa shape index (κ3) is 6.21. The minimum Gasteiger partial charge on any atom is -0.505 e. The highest BCUT2D eigenvalue weighted by molar-refractivity contribution is 8.00. The van der Waals surface area contributed by atoms with Gasteiger partial charge in [-0.3, -0.25) is 14.5 Å². The van der Waals surface area contributed by atoms with Crippen molar-refractivity contribution >= 4 is 62.9 Å². The molecule has 1 saturated heterocycles. The van der Waals surface area contributed by atoms with E-state index < -0.39 is 23.5 Å². The van der Waals surface area contributed by atoms with Gasteiger partial charge in [0.25, 0.3) is 5.78 Å². The number of rotatable bonds is 10. The molecule has 3 aromatic carbocycles. The number of aromatic nitrogens is 4. The molecular formula is C37H30ClN5O5S2. The first-order valence-electron chi connectivity index (χ1n) is 15.5. The summed E-state index contributed by atoms with van der Waals surface area (Å²) in [6, 6.07) is 25.1. The van der Waals surface area contributed by atoms with Crippen LogP contribution in [0.1, 0.15) is 39.7 Å². The minimum absolute atomic E-state index is 0.125. The summed E-state index contributed by atoms with van der Waals surface area (Å²) in [6.45, 7) is 4.02. The molecule has 0 spiro atoms. The van der Waals surface area contributed by atoms with Crippen LogP contribution in [-0.2, 0) is 21.9 Å². The molecule has 1 unspecified atom stereocenters. The van der Waals surface area contributed by atoms with E-state index >= 15 is 0 Å². The third-order valence-electron chi connectivity index (χ3n) is 8.40. The van der Waals surface area contributed by atoms with Gasteiger partial charge in [0, 0.05) is 17.0 Å². The Morgan fingerprint density at radius 3 is 2.52 bits per heavy atom. The molecule has 0 bridgehead atoms. The second-order valence-electron chi connectivity index (χ2n) is 11.5. The van der Waals surface area contributed by atoms with Gasteiger partial charge >= 0.3 is 5.91 Å². The quantitative estimate of drug-likeness (QED) is 0.0494. The van der Waals surface area contributed by atoms with Crippen molar-refractivity contribution in [2.24, 2.45) is 0 Å². The highest BCUT2D eigenvalue weighted by Gasteiger charge is 2.49. The number of amides is 1. The summed E-state index contributed by atoms with van der Waals surface area (Å²) >= 11 is 8.94. The number of anilines is 1. The lowest BCUT2D eigenvalue weighted by atomic mass is 9.96. The number of aryl methyl sites for hydroxylation is 2. The van der Waals surface area contributed by atoms with Crippen molar-refractivity contribution in [3.05, 3.63) is 135 Å². The van der Waals surface area contributed by atoms with Crippen LogP contribution in [0.15, 0.2) is 101 Å². The average Bonchev–Trinajstić information content (AvgIpc) is 3.81. The normalized spacial score (nSPS) is 15.6. The van der Waals surface area contributed by atoms with E-state index in [0.29, 0.717) is 50.1 Å². The third-order valence-corrected chi connectivity index (χ3v) is 10.9. The highest BCUT2D eigenvalue weighted by atomic mass is 35.5. The Balaban J connectivity index is 1.31. The van der Waals surface area contributed by atoms with Crippen LogP contribution in [0.3, 0.4) is 0 Å². The van der Waals surface area contributed by atoms with Crippen LogP contribution in [0.4, 0.5) is 5.13 Å². The lowest BCUT2D eigenvalue weighted by Crippen LogP contribution is -2.29. The number of aliphatic hydroxyl groups is 1. The van der Waals surface area contributed by atoms with E-state index in [1.165, 1.54) is 35.1 Å². The molecule has 7 rings (SSSR count). The fourth-order valence-corrected chi connectivity index (χ4v) is 7.99. The standard InChI is InChI=1S/C37H30ClN5O5S2/c1-21-10-9-17-42-22(2)30(39-34(21)42)32(44)29-31(24-15-16-27(28(18-24)47-3)48-19-23-11-5-4-6-12-23)43(35(46)33(29)45)36-40-41-37(50-36)49-20-25-13-7-8-14-26(25)38/h4-18,31,44H,19-20H2,1-3H3/b32-29+. The Labute approximate surface area is 301 Å². The van der Waals surface area contributed by atoms with Crippen molar-refractivity contribution in [2.45, 2.75) is 36.6 Å². The number of imidazole rings is 1. The number of ketones is 1. The first-order chi connectivity index (χ1) is 24.2. The number of carbonyl (C=O) groups is 2. The fourth-order valence-electron chi connectivity index (χ4n) is 5.84. The van der Waals surface area contributed by atoms with Crippen LogP contribution < -0.4 is 14.4 Å². The number of thioether (sulfide) groups is 1. The molecule has 6 aromatic rings. The van der Waals surface area contributed by atoms with E-state index in [9.17, 15) is 14.7 Å². The molecule has 0 aliphatic carbocycles. The van der Waals surface area contributed by atoms with E-state index in [2.05, 4.69) is 10.2 Å². The van der Waals surface area contributed by atoms with Crippen LogP contribution in [-0.4, -0.2) is 43.5 Å². The maximum Gasteiger partial charge on any atom is 0.301 e. The van der Waals surface area contributed by atoms with E-state index in [1.54, 1.807) is 25.1 Å². The molecule has 252 valence electrons. The van der Waals surface area contributed by atoms with E-state index in [0.717, 1.165) is 16.7 Å². The molecular weight excluding hydrogens is 694 g/mol. The fraction of sp³-hybridized carbons (Fsp3) is 0.162. The second-order valence-corrected chi connectivity index (χ2v) is 14.1. The van der Waals surface area contributed by atoms with E-state index in [1.807, 2.05) is 84.3 Å². The van der Waals surface area contributed by atoms with Crippen molar-refractivity contribution in [3.8, 4) is 11.5 Å². The summed E-state index contributed by atoms with van der Waals surface area (Å²) in [5, 5.41) is 21.4. The van der Waals surface area contributed by atoms with Crippen LogP contribution in [0.2, 0.25) is 5.02 Å². The van der Waals surface area contributed by atoms with Crippen LogP contribution in [0, 0.1) is 13.8 Å². The number of fused-ring (bicyclic) bond motifs is 1. The number of hydrogen-bond acceptors (Lipinski definition) is 10. The zero-order chi connectivity index (χ0) is 34.9. The zero-order valence-electron chi connectivity index (χ0n) is 27.2. The maximum atomic E-state index is 14.0. The molecule has 0 saturated carbocycles. The number of Topliss-reactive ketones (excluding diaryl/α,β-unsaturated/α-hetero) is 1. The molecule has 1 aliphatic heterocycles. The molecule has 13 heteroatoms. The molecule has 1 N–H and O–H groups in total. The second kappa shape index (κ2) is 14.0. The first-order valence-corrected chi connectivity index (χ1v) is 17.7. The molecule has 4 heterocycles. The SMILES string of the molecule is COc1cc(C2/C(=C(\O)c3nc4c(C)cccn4c3C)C(=O)C(=O)N2c2nnc(SCc3ccccc3Cl)s2)ccc1OCc1ccccc1. The largest absolute Gasteiger partial charge is 0.505 e. The molecule has 1 atom stereocenters. The van der Waals surface area contributed by atoms with Gasteiger partial charge in [0.1, 0.15) is 17.9 Å². The minimum atomic E-state index is -1.08. The Morgan fingerprint density at radius 1 is 0.980 bits per heavy atom. The summed E-state index contributed by atoms with van der Waals surface area (Å²) in [6.07, 6.45) is 1.83. The topological polar surface area (TPSA) is 119 Å². The summed E-state index contributed by atoms with van der Waals surface area (Å²) in [7, 11) is 1.51. The van der Waals surface area contributed by atoms with Crippen molar-refractivity contribution in [1.29, 1.82) is 0 Å². The van der Waals surface area contributed by atoms with E-state index in [-0.39, 0.29) is 16.4 Å². The van der Waals surface area contributed by atoms with Crippen molar-refractivity contribution < 1.29 is 24.2 Å². The van der Waals surface area contributed by atoms with Gasteiger partial charge in [-0.25, -0.2) is 4.98 Å². The number of hydrogen-bond donors (Lipinski definition) is 1. The predicted molar refractivity (Wildman–Crippen MR) is 194 cm³/mol. The van der Waals surface area contributed by atoms with Gasteiger partial charge in [0.15, 0.2) is 21.6 Å². The van der Waals surface area contributed by atoms with Crippen molar-refractivity contribution in [1.82, 2.24) is 19.6 Å². The Kier molecular flexibility index (Phi) is 9.32. The smallest absolute Gasteiger partial charge is 0.301 e. The molecule has 1 amide bonds. The highest BCUT2D eigenvalue weighted by Crippen LogP contribution is 2.46. The van der Waals surface area contributed by atoms with Crippen LogP contribution in [0.25, 0.3) is 11.4 Å². The molecule has 1 aliphatic rings. The summed E-state index contributed by atoms with van der Waals surface area (Å²) in [4.78, 5) is 33.9. The number of pyridine rings is 1. The van der Waals surface area contributed by atoms with Crippen LogP contribution >= 0.6 is 34.7 Å². The number of nitrogens with zero attached hydrogens (tertiary/aromatic N) is 5. The first kappa shape index (κ1) is 33.3. The lowest BCUT2D eigenvalue weighted by molar-refractivity contribution is -0.132. The monoisotopic (exact) mass is 723 g/mol. The number of methoxy groups -OCH3 is 1. The van der Waals surface area contributed by atoms with Gasteiger partial charge < -0.3 is 19.0 Å².